The fourth-order valence-electron chi connectivity index (χ4n) is 1.83. The summed E-state index contributed by atoms with van der Waals surface area (Å²) in [6, 6.07) is 15.0. The zero-order valence-electron chi connectivity index (χ0n) is 10.0. The maximum absolute atomic E-state index is 11.7. The van der Waals surface area contributed by atoms with Gasteiger partial charge in [-0.15, -0.1) is 0 Å². The predicted octanol–water partition coefficient (Wildman–Crippen LogP) is 3.72. The highest BCUT2D eigenvalue weighted by atomic mass is 35.5. The summed E-state index contributed by atoms with van der Waals surface area (Å²) in [7, 11) is 1.38. The molecule has 3 heteroatoms. The Morgan fingerprint density at radius 2 is 1.67 bits per heavy atom. The molecule has 2 aromatic rings. The molecule has 0 heterocycles. The number of carbonyl (C=O) groups excluding carboxylic acids is 1. The molecule has 0 saturated heterocycles. The highest BCUT2D eigenvalue weighted by Crippen LogP contribution is 2.21. The van der Waals surface area contributed by atoms with E-state index < -0.39 is 0 Å². The number of carbonyl (C=O) groups is 1. The third-order valence-corrected chi connectivity index (χ3v) is 3.13. The first-order valence-electron chi connectivity index (χ1n) is 5.62. The van der Waals surface area contributed by atoms with Gasteiger partial charge in [0, 0.05) is 5.02 Å². The van der Waals surface area contributed by atoms with Crippen LogP contribution in [0, 0.1) is 0 Å². The highest BCUT2D eigenvalue weighted by molar-refractivity contribution is 6.31. The standard InChI is InChI=1S/C15H13ClO2/c1-18-15(17)13-8-4-2-6-11(13)10-12-7-3-5-9-14(12)16/h2-9H,10H2,1H3. The van der Waals surface area contributed by atoms with Crippen molar-refractivity contribution in [3.05, 3.63) is 70.2 Å². The highest BCUT2D eigenvalue weighted by Gasteiger charge is 2.12. The lowest BCUT2D eigenvalue weighted by Gasteiger charge is -2.08. The molecule has 92 valence electrons. The summed E-state index contributed by atoms with van der Waals surface area (Å²) in [5.74, 6) is -0.322. The molecule has 0 radical (unpaired) electrons. The molecule has 0 aliphatic rings. The molecule has 0 fully saturated rings. The van der Waals surface area contributed by atoms with Crippen LogP contribution in [0.5, 0.6) is 0 Å². The second-order valence-corrected chi connectivity index (χ2v) is 4.32. The Balaban J connectivity index is 2.35. The van der Waals surface area contributed by atoms with Crippen molar-refractivity contribution in [2.75, 3.05) is 7.11 Å². The maximum Gasteiger partial charge on any atom is 0.338 e. The van der Waals surface area contributed by atoms with Crippen LogP contribution < -0.4 is 0 Å². The van der Waals surface area contributed by atoms with Gasteiger partial charge in [-0.1, -0.05) is 48.0 Å². The molecule has 18 heavy (non-hydrogen) atoms. The largest absolute Gasteiger partial charge is 0.465 e. The van der Waals surface area contributed by atoms with E-state index in [0.29, 0.717) is 17.0 Å². The van der Waals surface area contributed by atoms with E-state index in [1.807, 2.05) is 42.5 Å². The van der Waals surface area contributed by atoms with Gasteiger partial charge < -0.3 is 4.74 Å². The predicted molar refractivity (Wildman–Crippen MR) is 72.0 cm³/mol. The van der Waals surface area contributed by atoms with Gasteiger partial charge in [0.1, 0.15) is 0 Å². The third kappa shape index (κ3) is 2.71. The molecule has 0 amide bonds. The van der Waals surface area contributed by atoms with E-state index in [2.05, 4.69) is 0 Å². The first-order valence-corrected chi connectivity index (χ1v) is 6.00. The number of methoxy groups -OCH3 is 1. The molecule has 2 nitrogen and oxygen atoms in total. The van der Waals surface area contributed by atoms with Gasteiger partial charge in [0.2, 0.25) is 0 Å². The maximum atomic E-state index is 11.7. The van der Waals surface area contributed by atoms with E-state index in [0.717, 1.165) is 11.1 Å². The minimum Gasteiger partial charge on any atom is -0.465 e. The van der Waals surface area contributed by atoms with Crippen molar-refractivity contribution < 1.29 is 9.53 Å². The van der Waals surface area contributed by atoms with E-state index >= 15 is 0 Å². The third-order valence-electron chi connectivity index (χ3n) is 2.76. The molecule has 0 unspecified atom stereocenters. The van der Waals surface area contributed by atoms with Crippen molar-refractivity contribution >= 4 is 17.6 Å². The van der Waals surface area contributed by atoms with Gasteiger partial charge >= 0.3 is 5.97 Å². The average molecular weight is 261 g/mol. The van der Waals surface area contributed by atoms with E-state index in [-0.39, 0.29) is 5.97 Å². The minimum absolute atomic E-state index is 0.322. The Morgan fingerprint density at radius 1 is 1.06 bits per heavy atom. The zero-order valence-corrected chi connectivity index (χ0v) is 10.8. The van der Waals surface area contributed by atoms with Gasteiger partial charge in [-0.25, -0.2) is 4.79 Å². The minimum atomic E-state index is -0.322. The Kier molecular flexibility index (Phi) is 4.00. The number of ether oxygens (including phenoxy) is 1. The van der Waals surface area contributed by atoms with E-state index in [1.54, 1.807) is 6.07 Å². The number of benzene rings is 2. The number of esters is 1. The first-order chi connectivity index (χ1) is 8.72. The Hall–Kier alpha value is -1.80. The van der Waals surface area contributed by atoms with Crippen LogP contribution in [0.3, 0.4) is 0 Å². The van der Waals surface area contributed by atoms with Crippen LogP contribution in [-0.2, 0) is 11.2 Å². The SMILES string of the molecule is COC(=O)c1ccccc1Cc1ccccc1Cl. The summed E-state index contributed by atoms with van der Waals surface area (Å²) in [4.78, 5) is 11.7. The lowest BCUT2D eigenvalue weighted by molar-refractivity contribution is 0.0599. The van der Waals surface area contributed by atoms with Crippen LogP contribution in [0.2, 0.25) is 5.02 Å². The lowest BCUT2D eigenvalue weighted by atomic mass is 10.00. The van der Waals surface area contributed by atoms with Crippen molar-refractivity contribution in [1.29, 1.82) is 0 Å². The fourth-order valence-corrected chi connectivity index (χ4v) is 2.03. The smallest absolute Gasteiger partial charge is 0.338 e. The van der Waals surface area contributed by atoms with Crippen LogP contribution in [0.15, 0.2) is 48.5 Å². The Morgan fingerprint density at radius 3 is 2.33 bits per heavy atom. The lowest BCUT2D eigenvalue weighted by Crippen LogP contribution is -2.06. The molecular weight excluding hydrogens is 248 g/mol. The number of hydrogen-bond donors (Lipinski definition) is 0. The summed E-state index contributed by atoms with van der Waals surface area (Å²) in [5, 5.41) is 0.706. The molecular formula is C15H13ClO2. The van der Waals surface area contributed by atoms with Crippen molar-refractivity contribution in [1.82, 2.24) is 0 Å². The van der Waals surface area contributed by atoms with E-state index in [1.165, 1.54) is 7.11 Å². The number of hydrogen-bond acceptors (Lipinski definition) is 2. The normalized spacial score (nSPS) is 10.1. The molecule has 0 spiro atoms. The van der Waals surface area contributed by atoms with Crippen LogP contribution >= 0.6 is 11.6 Å². The summed E-state index contributed by atoms with van der Waals surface area (Å²) in [6.45, 7) is 0. The monoisotopic (exact) mass is 260 g/mol. The van der Waals surface area contributed by atoms with Gasteiger partial charge in [0.05, 0.1) is 12.7 Å². The molecule has 0 saturated carbocycles. The summed E-state index contributed by atoms with van der Waals surface area (Å²) in [5.41, 5.74) is 2.49. The van der Waals surface area contributed by atoms with Crippen molar-refractivity contribution in [3.63, 3.8) is 0 Å². The van der Waals surface area contributed by atoms with Crippen molar-refractivity contribution in [2.24, 2.45) is 0 Å². The molecule has 0 N–H and O–H groups in total. The second kappa shape index (κ2) is 5.69. The quantitative estimate of drug-likeness (QED) is 0.787. The molecule has 0 aromatic heterocycles. The van der Waals surface area contributed by atoms with Gasteiger partial charge in [-0.3, -0.25) is 0 Å². The summed E-state index contributed by atoms with van der Waals surface area (Å²) >= 11 is 6.12. The molecule has 2 rings (SSSR count). The van der Waals surface area contributed by atoms with Crippen LogP contribution in [-0.4, -0.2) is 13.1 Å². The molecule has 0 aliphatic carbocycles. The topological polar surface area (TPSA) is 26.3 Å². The van der Waals surface area contributed by atoms with E-state index in [4.69, 9.17) is 16.3 Å². The van der Waals surface area contributed by atoms with Gasteiger partial charge in [-0.05, 0) is 29.7 Å². The Labute approximate surface area is 111 Å². The molecule has 2 aromatic carbocycles. The summed E-state index contributed by atoms with van der Waals surface area (Å²) < 4.78 is 4.77. The van der Waals surface area contributed by atoms with Crippen LogP contribution in [0.1, 0.15) is 21.5 Å². The number of halogens is 1. The fraction of sp³-hybridized carbons (Fsp3) is 0.133. The van der Waals surface area contributed by atoms with Crippen LogP contribution in [0.4, 0.5) is 0 Å². The first kappa shape index (κ1) is 12.7. The second-order valence-electron chi connectivity index (χ2n) is 3.92. The molecule has 0 bridgehead atoms. The van der Waals surface area contributed by atoms with Gasteiger partial charge in [0.25, 0.3) is 0 Å². The van der Waals surface area contributed by atoms with Gasteiger partial charge in [0.15, 0.2) is 0 Å². The number of rotatable bonds is 3. The van der Waals surface area contributed by atoms with Crippen molar-refractivity contribution in [3.8, 4) is 0 Å². The van der Waals surface area contributed by atoms with Crippen molar-refractivity contribution in [2.45, 2.75) is 6.42 Å². The molecule has 0 aliphatic heterocycles. The zero-order chi connectivity index (χ0) is 13.0. The Bertz CT molecular complexity index is 564. The molecule has 0 atom stereocenters. The summed E-state index contributed by atoms with van der Waals surface area (Å²) in [6.07, 6.45) is 0.616. The van der Waals surface area contributed by atoms with E-state index in [9.17, 15) is 4.79 Å². The average Bonchev–Trinajstić information content (AvgIpc) is 2.41. The van der Waals surface area contributed by atoms with Crippen LogP contribution in [0.25, 0.3) is 0 Å². The van der Waals surface area contributed by atoms with Gasteiger partial charge in [-0.2, -0.15) is 0 Å².